The summed E-state index contributed by atoms with van der Waals surface area (Å²) in [4.78, 5) is 25.2. The first-order valence-electron chi connectivity index (χ1n) is 8.40. The molecule has 0 aliphatic rings. The maximum Gasteiger partial charge on any atom is 0.240 e. The number of carbonyl (C=O) groups excluding carboxylic acids is 1. The fraction of sp³-hybridized carbons (Fsp3) is 0.158. The van der Waals surface area contributed by atoms with Crippen LogP contribution in [0.25, 0.3) is 22.6 Å². The third-order valence-corrected chi connectivity index (χ3v) is 4.13. The maximum absolute atomic E-state index is 12.2. The monoisotopic (exact) mass is 346 g/mol. The molecule has 7 nitrogen and oxygen atoms in total. The number of nitrogens with zero attached hydrogens (tertiary/aromatic N) is 5. The van der Waals surface area contributed by atoms with E-state index in [1.54, 1.807) is 18.7 Å². The molecule has 0 radical (unpaired) electrons. The normalized spacial score (nSPS) is 10.9. The van der Waals surface area contributed by atoms with E-state index in [1.807, 2.05) is 57.8 Å². The van der Waals surface area contributed by atoms with Gasteiger partial charge < -0.3 is 14.5 Å². The number of carbonyl (C=O) groups is 1. The molecule has 0 saturated carbocycles. The highest BCUT2D eigenvalue weighted by molar-refractivity contribution is 5.80. The van der Waals surface area contributed by atoms with Crippen LogP contribution in [-0.4, -0.2) is 36.5 Å². The lowest BCUT2D eigenvalue weighted by Crippen LogP contribution is -2.30. The fourth-order valence-corrected chi connectivity index (χ4v) is 2.88. The SMILES string of the molecule is O=C(Cn1cnc2ccccc21)NCCn1ccnc1-c1ccccn1. The summed E-state index contributed by atoms with van der Waals surface area (Å²) in [5.74, 6) is 0.744. The minimum Gasteiger partial charge on any atom is -0.353 e. The van der Waals surface area contributed by atoms with Gasteiger partial charge in [0.05, 0.1) is 17.4 Å². The number of nitrogens with one attached hydrogen (secondary N) is 1. The summed E-state index contributed by atoms with van der Waals surface area (Å²) in [5.41, 5.74) is 2.65. The second-order valence-corrected chi connectivity index (χ2v) is 5.87. The zero-order valence-electron chi connectivity index (χ0n) is 14.1. The average Bonchev–Trinajstić information content (AvgIpc) is 3.30. The molecule has 130 valence electrons. The van der Waals surface area contributed by atoms with E-state index in [2.05, 4.69) is 20.3 Å². The van der Waals surface area contributed by atoms with Gasteiger partial charge >= 0.3 is 0 Å². The van der Waals surface area contributed by atoms with E-state index in [1.165, 1.54) is 0 Å². The highest BCUT2D eigenvalue weighted by Gasteiger charge is 2.09. The second kappa shape index (κ2) is 7.18. The van der Waals surface area contributed by atoms with Crippen molar-refractivity contribution in [2.45, 2.75) is 13.1 Å². The molecule has 0 saturated heterocycles. The standard InChI is InChI=1S/C19H18N6O/c26-18(13-25-14-23-15-5-1-2-7-17(15)25)21-9-11-24-12-10-22-19(24)16-6-3-4-8-20-16/h1-8,10,12,14H,9,11,13H2,(H,21,26). The summed E-state index contributed by atoms with van der Waals surface area (Å²) in [6, 6.07) is 13.5. The number of benzene rings is 1. The molecule has 1 aromatic carbocycles. The van der Waals surface area contributed by atoms with Crippen LogP contribution in [0.15, 0.2) is 67.4 Å². The molecule has 3 heterocycles. The molecule has 0 bridgehead atoms. The Morgan fingerprint density at radius 2 is 1.85 bits per heavy atom. The largest absolute Gasteiger partial charge is 0.353 e. The Bertz CT molecular complexity index is 1020. The smallest absolute Gasteiger partial charge is 0.240 e. The molecule has 4 rings (SSSR count). The summed E-state index contributed by atoms with van der Waals surface area (Å²) in [6.07, 6.45) is 7.06. The lowest BCUT2D eigenvalue weighted by molar-refractivity contribution is -0.121. The Hall–Kier alpha value is -3.48. The quantitative estimate of drug-likeness (QED) is 0.580. The molecule has 0 aliphatic carbocycles. The molecule has 0 unspecified atom stereocenters. The van der Waals surface area contributed by atoms with Crippen molar-refractivity contribution in [3.8, 4) is 11.5 Å². The van der Waals surface area contributed by atoms with E-state index in [9.17, 15) is 4.79 Å². The van der Waals surface area contributed by atoms with Gasteiger partial charge in [0.15, 0.2) is 5.82 Å². The van der Waals surface area contributed by atoms with Crippen molar-refractivity contribution in [1.82, 2.24) is 29.4 Å². The Kier molecular flexibility index (Phi) is 4.42. The number of aromatic nitrogens is 5. The van der Waals surface area contributed by atoms with Gasteiger partial charge in [0.2, 0.25) is 5.91 Å². The molecule has 0 aliphatic heterocycles. The van der Waals surface area contributed by atoms with Gasteiger partial charge in [0.1, 0.15) is 12.2 Å². The number of rotatable bonds is 6. The zero-order valence-corrected chi connectivity index (χ0v) is 14.1. The first kappa shape index (κ1) is 16.0. The van der Waals surface area contributed by atoms with Gasteiger partial charge in [-0.25, -0.2) is 9.97 Å². The molecule has 4 aromatic rings. The van der Waals surface area contributed by atoms with Crippen molar-refractivity contribution >= 4 is 16.9 Å². The predicted octanol–water partition coefficient (Wildman–Crippen LogP) is 2.11. The molecule has 0 fully saturated rings. The van der Waals surface area contributed by atoms with Crippen molar-refractivity contribution in [2.75, 3.05) is 6.54 Å². The third kappa shape index (κ3) is 3.32. The molecular formula is C19H18N6O. The summed E-state index contributed by atoms with van der Waals surface area (Å²) in [5, 5.41) is 2.95. The Labute approximate surface area is 150 Å². The van der Waals surface area contributed by atoms with Crippen molar-refractivity contribution in [3.63, 3.8) is 0 Å². The van der Waals surface area contributed by atoms with Gasteiger partial charge in [-0.1, -0.05) is 18.2 Å². The van der Waals surface area contributed by atoms with Crippen LogP contribution in [0.5, 0.6) is 0 Å². The lowest BCUT2D eigenvalue weighted by atomic mass is 10.3. The molecule has 0 atom stereocenters. The topological polar surface area (TPSA) is 77.6 Å². The summed E-state index contributed by atoms with van der Waals surface area (Å²) in [7, 11) is 0. The fourth-order valence-electron chi connectivity index (χ4n) is 2.88. The molecular weight excluding hydrogens is 328 g/mol. The van der Waals surface area contributed by atoms with E-state index in [0.29, 0.717) is 13.1 Å². The van der Waals surface area contributed by atoms with Crippen LogP contribution in [0.1, 0.15) is 0 Å². The van der Waals surface area contributed by atoms with Gasteiger partial charge in [0, 0.05) is 31.7 Å². The van der Waals surface area contributed by atoms with Gasteiger partial charge in [-0.15, -0.1) is 0 Å². The number of amides is 1. The van der Waals surface area contributed by atoms with E-state index in [-0.39, 0.29) is 12.5 Å². The van der Waals surface area contributed by atoms with E-state index >= 15 is 0 Å². The van der Waals surface area contributed by atoms with Gasteiger partial charge in [0.25, 0.3) is 0 Å². The Morgan fingerprint density at radius 3 is 2.73 bits per heavy atom. The van der Waals surface area contributed by atoms with Crippen LogP contribution in [-0.2, 0) is 17.9 Å². The van der Waals surface area contributed by atoms with Gasteiger partial charge in [-0.2, -0.15) is 0 Å². The van der Waals surface area contributed by atoms with Crippen LogP contribution in [0, 0.1) is 0 Å². The van der Waals surface area contributed by atoms with Crippen LogP contribution in [0.4, 0.5) is 0 Å². The van der Waals surface area contributed by atoms with E-state index in [0.717, 1.165) is 22.6 Å². The highest BCUT2D eigenvalue weighted by atomic mass is 16.1. The molecule has 1 amide bonds. The average molecular weight is 346 g/mol. The van der Waals surface area contributed by atoms with Crippen molar-refractivity contribution in [2.24, 2.45) is 0 Å². The van der Waals surface area contributed by atoms with Gasteiger partial charge in [-0.3, -0.25) is 9.78 Å². The first-order chi connectivity index (χ1) is 12.8. The Balaban J connectivity index is 1.35. The minimum absolute atomic E-state index is 0.0485. The van der Waals surface area contributed by atoms with Crippen LogP contribution in [0.3, 0.4) is 0 Å². The number of fused-ring (bicyclic) bond motifs is 1. The van der Waals surface area contributed by atoms with Crippen LogP contribution in [0.2, 0.25) is 0 Å². The molecule has 26 heavy (non-hydrogen) atoms. The molecule has 1 N–H and O–H groups in total. The van der Waals surface area contributed by atoms with Crippen molar-refractivity contribution in [1.29, 1.82) is 0 Å². The maximum atomic E-state index is 12.2. The van der Waals surface area contributed by atoms with Crippen molar-refractivity contribution in [3.05, 3.63) is 67.4 Å². The predicted molar refractivity (Wildman–Crippen MR) is 98.2 cm³/mol. The minimum atomic E-state index is -0.0485. The summed E-state index contributed by atoms with van der Waals surface area (Å²) < 4.78 is 3.83. The Morgan fingerprint density at radius 1 is 0.962 bits per heavy atom. The summed E-state index contributed by atoms with van der Waals surface area (Å²) >= 11 is 0. The number of hydrogen-bond acceptors (Lipinski definition) is 4. The molecule has 0 spiro atoms. The lowest BCUT2D eigenvalue weighted by Gasteiger charge is -2.09. The van der Waals surface area contributed by atoms with E-state index < -0.39 is 0 Å². The number of hydrogen-bond donors (Lipinski definition) is 1. The summed E-state index contributed by atoms with van der Waals surface area (Å²) in [6.45, 7) is 1.39. The molecule has 7 heteroatoms. The van der Waals surface area contributed by atoms with Crippen molar-refractivity contribution < 1.29 is 4.79 Å². The number of pyridine rings is 1. The zero-order chi connectivity index (χ0) is 17.8. The van der Waals surface area contributed by atoms with Crippen LogP contribution >= 0.6 is 0 Å². The number of para-hydroxylation sites is 2. The third-order valence-electron chi connectivity index (χ3n) is 4.13. The van der Waals surface area contributed by atoms with E-state index in [4.69, 9.17) is 0 Å². The molecule has 3 aromatic heterocycles. The highest BCUT2D eigenvalue weighted by Crippen LogP contribution is 2.13. The van der Waals surface area contributed by atoms with Gasteiger partial charge in [-0.05, 0) is 24.3 Å². The number of imidazole rings is 2. The first-order valence-corrected chi connectivity index (χ1v) is 8.40. The van der Waals surface area contributed by atoms with Crippen LogP contribution < -0.4 is 5.32 Å². The second-order valence-electron chi connectivity index (χ2n) is 5.87.